The zero-order valence-electron chi connectivity index (χ0n) is 22.7. The minimum absolute atomic E-state index is 0.0278. The molecule has 3 aromatic carbocycles. The molecule has 1 fully saturated rings. The Morgan fingerprint density at radius 1 is 0.897 bits per heavy atom. The maximum absolute atomic E-state index is 13.4. The average molecular weight is 530 g/mol. The number of hydrogen-bond donors (Lipinski definition) is 1. The van der Waals surface area contributed by atoms with Crippen LogP contribution in [0.5, 0.6) is 17.2 Å². The van der Waals surface area contributed by atoms with E-state index in [-0.39, 0.29) is 11.3 Å². The molecule has 0 spiro atoms. The van der Waals surface area contributed by atoms with Crippen molar-refractivity contribution >= 4 is 17.4 Å². The Morgan fingerprint density at radius 3 is 2.41 bits per heavy atom. The first-order chi connectivity index (χ1) is 19.0. The number of likely N-dealkylation sites (tertiary alicyclic amines) is 1. The van der Waals surface area contributed by atoms with E-state index in [4.69, 9.17) is 14.2 Å². The van der Waals surface area contributed by atoms with Gasteiger partial charge in [0.1, 0.15) is 11.5 Å². The zero-order valence-corrected chi connectivity index (χ0v) is 22.7. The molecule has 0 aliphatic carbocycles. The summed E-state index contributed by atoms with van der Waals surface area (Å²) in [6.07, 6.45) is 3.65. The van der Waals surface area contributed by atoms with Crippen molar-refractivity contribution in [2.75, 3.05) is 27.4 Å². The van der Waals surface area contributed by atoms with Crippen molar-refractivity contribution in [3.8, 4) is 17.2 Å². The number of benzene rings is 3. The smallest absolute Gasteiger partial charge is 0.295 e. The van der Waals surface area contributed by atoms with Gasteiger partial charge >= 0.3 is 0 Å². The lowest BCUT2D eigenvalue weighted by molar-refractivity contribution is -0.139. The fourth-order valence-corrected chi connectivity index (χ4v) is 4.78. The molecule has 0 bridgehead atoms. The van der Waals surface area contributed by atoms with E-state index in [9.17, 15) is 14.7 Å². The Bertz CT molecular complexity index is 1330. The van der Waals surface area contributed by atoms with Crippen LogP contribution in [0.4, 0.5) is 0 Å². The monoisotopic (exact) mass is 529 g/mol. The summed E-state index contributed by atoms with van der Waals surface area (Å²) in [7, 11) is 3.08. The van der Waals surface area contributed by atoms with Gasteiger partial charge in [0.15, 0.2) is 11.5 Å². The number of carbonyl (C=O) groups is 2. The van der Waals surface area contributed by atoms with Crippen LogP contribution in [-0.2, 0) is 16.0 Å². The first kappa shape index (κ1) is 27.8. The van der Waals surface area contributed by atoms with E-state index in [0.717, 1.165) is 24.8 Å². The molecule has 1 aliphatic heterocycles. The molecule has 1 N–H and O–H groups in total. The maximum Gasteiger partial charge on any atom is 0.295 e. The molecular formula is C32H35NO6. The quantitative estimate of drug-likeness (QED) is 0.135. The van der Waals surface area contributed by atoms with Crippen LogP contribution in [0.15, 0.2) is 78.4 Å². The molecule has 1 heterocycles. The molecule has 204 valence electrons. The van der Waals surface area contributed by atoms with Gasteiger partial charge in [0.05, 0.1) is 32.4 Å². The predicted molar refractivity (Wildman–Crippen MR) is 150 cm³/mol. The maximum atomic E-state index is 13.4. The number of methoxy groups -OCH3 is 2. The summed E-state index contributed by atoms with van der Waals surface area (Å²) in [6, 6.07) is 21.2. The molecule has 4 rings (SSSR count). The third-order valence-corrected chi connectivity index (χ3v) is 6.88. The van der Waals surface area contributed by atoms with Crippen molar-refractivity contribution in [2.24, 2.45) is 0 Å². The summed E-state index contributed by atoms with van der Waals surface area (Å²) in [5.74, 6) is -0.0182. The molecule has 39 heavy (non-hydrogen) atoms. The molecule has 1 atom stereocenters. The van der Waals surface area contributed by atoms with Crippen molar-refractivity contribution in [2.45, 2.75) is 38.6 Å². The lowest BCUT2D eigenvalue weighted by atomic mass is 9.94. The van der Waals surface area contributed by atoms with Crippen molar-refractivity contribution in [3.63, 3.8) is 0 Å². The van der Waals surface area contributed by atoms with E-state index >= 15 is 0 Å². The standard InChI is InChI=1S/C32H35NO6/c1-4-5-9-19-39-26-16-15-23(21-27(26)38-3)29-28(30(34)24-13-10-14-25(20-24)37-2)31(35)32(36)33(29)18-17-22-11-7-6-8-12-22/h6-8,10-16,20-21,29,34H,4-5,9,17-19H2,1-3H3/b30-28+. The topological polar surface area (TPSA) is 85.3 Å². The van der Waals surface area contributed by atoms with Gasteiger partial charge in [-0.2, -0.15) is 0 Å². The minimum atomic E-state index is -0.803. The van der Waals surface area contributed by atoms with Gasteiger partial charge < -0.3 is 24.2 Å². The number of ketones is 1. The fourth-order valence-electron chi connectivity index (χ4n) is 4.78. The number of ether oxygens (including phenoxy) is 3. The van der Waals surface area contributed by atoms with Crippen LogP contribution in [0.2, 0.25) is 0 Å². The molecule has 3 aromatic rings. The number of hydrogen-bond acceptors (Lipinski definition) is 6. The molecule has 1 unspecified atom stereocenters. The van der Waals surface area contributed by atoms with E-state index in [1.165, 1.54) is 12.0 Å². The summed E-state index contributed by atoms with van der Waals surface area (Å²) in [4.78, 5) is 28.3. The van der Waals surface area contributed by atoms with Crippen molar-refractivity contribution in [1.29, 1.82) is 0 Å². The first-order valence-electron chi connectivity index (χ1n) is 13.3. The summed E-state index contributed by atoms with van der Waals surface area (Å²) < 4.78 is 16.9. The van der Waals surface area contributed by atoms with Gasteiger partial charge in [-0.1, -0.05) is 68.3 Å². The van der Waals surface area contributed by atoms with E-state index in [1.54, 1.807) is 43.5 Å². The number of unbranched alkanes of at least 4 members (excludes halogenated alkanes) is 2. The van der Waals surface area contributed by atoms with Crippen LogP contribution in [0.25, 0.3) is 5.76 Å². The highest BCUT2D eigenvalue weighted by atomic mass is 16.5. The van der Waals surface area contributed by atoms with Crippen molar-refractivity contribution in [1.82, 2.24) is 4.90 Å². The van der Waals surface area contributed by atoms with Crippen LogP contribution in [-0.4, -0.2) is 49.1 Å². The third kappa shape index (κ3) is 6.25. The van der Waals surface area contributed by atoms with Gasteiger partial charge in [0.2, 0.25) is 0 Å². The summed E-state index contributed by atoms with van der Waals surface area (Å²) in [6.45, 7) is 3.00. The van der Waals surface area contributed by atoms with Crippen molar-refractivity contribution in [3.05, 3.63) is 95.1 Å². The number of rotatable bonds is 12. The van der Waals surface area contributed by atoms with E-state index in [2.05, 4.69) is 6.92 Å². The van der Waals surface area contributed by atoms with Crippen LogP contribution < -0.4 is 14.2 Å². The van der Waals surface area contributed by atoms with Gasteiger partial charge in [0.25, 0.3) is 11.7 Å². The number of aliphatic hydroxyl groups excluding tert-OH is 1. The summed E-state index contributed by atoms with van der Waals surface area (Å²) in [5.41, 5.74) is 2.10. The molecule has 0 radical (unpaired) electrons. The van der Waals surface area contributed by atoms with Crippen molar-refractivity contribution < 1.29 is 28.9 Å². The number of aliphatic hydroxyl groups is 1. The zero-order chi connectivity index (χ0) is 27.8. The Labute approximate surface area is 229 Å². The highest BCUT2D eigenvalue weighted by Gasteiger charge is 2.46. The number of Topliss-reactive ketones (excluding diaryl/α,β-unsaturated/α-hetero) is 1. The highest BCUT2D eigenvalue weighted by Crippen LogP contribution is 2.42. The molecule has 1 amide bonds. The van der Waals surface area contributed by atoms with Gasteiger partial charge in [-0.3, -0.25) is 9.59 Å². The normalized spacial score (nSPS) is 16.4. The number of nitrogens with zero attached hydrogens (tertiary/aromatic N) is 1. The van der Waals surface area contributed by atoms with Crippen LogP contribution >= 0.6 is 0 Å². The van der Waals surface area contributed by atoms with Crippen LogP contribution in [0.3, 0.4) is 0 Å². The minimum Gasteiger partial charge on any atom is -0.507 e. The lowest BCUT2D eigenvalue weighted by Crippen LogP contribution is -2.31. The Kier molecular flexibility index (Phi) is 9.26. The van der Waals surface area contributed by atoms with E-state index in [0.29, 0.717) is 47.9 Å². The second kappa shape index (κ2) is 13.0. The Balaban J connectivity index is 1.76. The average Bonchev–Trinajstić information content (AvgIpc) is 3.23. The molecule has 1 saturated heterocycles. The van der Waals surface area contributed by atoms with Gasteiger partial charge in [-0.25, -0.2) is 0 Å². The molecule has 1 aliphatic rings. The van der Waals surface area contributed by atoms with E-state index < -0.39 is 17.7 Å². The van der Waals surface area contributed by atoms with Gasteiger partial charge in [-0.05, 0) is 48.2 Å². The number of carbonyl (C=O) groups excluding carboxylic acids is 2. The van der Waals surface area contributed by atoms with E-state index in [1.807, 2.05) is 36.4 Å². The Hall–Kier alpha value is -4.26. The van der Waals surface area contributed by atoms with Crippen LogP contribution in [0.1, 0.15) is 48.9 Å². The highest BCUT2D eigenvalue weighted by molar-refractivity contribution is 6.46. The number of amides is 1. The lowest BCUT2D eigenvalue weighted by Gasteiger charge is -2.26. The van der Waals surface area contributed by atoms with Gasteiger partial charge in [-0.15, -0.1) is 0 Å². The summed E-state index contributed by atoms with van der Waals surface area (Å²) in [5, 5.41) is 11.4. The Morgan fingerprint density at radius 2 is 1.69 bits per heavy atom. The molecule has 0 saturated carbocycles. The SMILES string of the molecule is CCCCCOc1ccc(C2/C(=C(\O)c3cccc(OC)c3)C(=O)C(=O)N2CCc2ccccc2)cc1OC. The molecular weight excluding hydrogens is 494 g/mol. The molecule has 7 nitrogen and oxygen atoms in total. The van der Waals surface area contributed by atoms with Gasteiger partial charge in [0, 0.05) is 12.1 Å². The third-order valence-electron chi connectivity index (χ3n) is 6.88. The van der Waals surface area contributed by atoms with Crippen LogP contribution in [0, 0.1) is 0 Å². The first-order valence-corrected chi connectivity index (χ1v) is 13.3. The predicted octanol–water partition coefficient (Wildman–Crippen LogP) is 5.94. The second-order valence-electron chi connectivity index (χ2n) is 9.43. The molecule has 0 aromatic heterocycles. The summed E-state index contributed by atoms with van der Waals surface area (Å²) >= 11 is 0. The largest absolute Gasteiger partial charge is 0.507 e. The second-order valence-corrected chi connectivity index (χ2v) is 9.43. The fraction of sp³-hybridized carbons (Fsp3) is 0.312. The molecule has 7 heteroatoms.